The number of ether oxygens (including phenoxy) is 1. The number of nitrogens with zero attached hydrogens (tertiary/aromatic N) is 1. The molecule has 0 bridgehead atoms. The van der Waals surface area contributed by atoms with Gasteiger partial charge in [0.15, 0.2) is 6.61 Å². The van der Waals surface area contributed by atoms with Crippen molar-refractivity contribution in [1.29, 1.82) is 0 Å². The second-order valence-electron chi connectivity index (χ2n) is 5.28. The fourth-order valence-corrected chi connectivity index (χ4v) is 2.38. The first-order valence-corrected chi connectivity index (χ1v) is 7.44. The van der Waals surface area contributed by atoms with E-state index >= 15 is 0 Å². The molecule has 4 rings (SSSR count). The summed E-state index contributed by atoms with van der Waals surface area (Å²) in [4.78, 5) is 25.7. The van der Waals surface area contributed by atoms with Crippen molar-refractivity contribution in [2.75, 3.05) is 17.7 Å². The molecule has 7 heteroatoms. The van der Waals surface area contributed by atoms with Gasteiger partial charge in [-0.15, -0.1) is 0 Å². The molecule has 0 unspecified atom stereocenters. The number of carboxylic acid groups (broad SMARTS) is 1. The van der Waals surface area contributed by atoms with Crippen LogP contribution in [0.4, 0.5) is 11.4 Å². The number of benzene rings is 2. The minimum atomic E-state index is -0.940. The SMILES string of the molecule is Nc1ccc2c(c1)NC(=O)CO2.O=C(O)c1cccc2cccnc12. The minimum Gasteiger partial charge on any atom is -0.482 e. The highest BCUT2D eigenvalue weighted by Crippen LogP contribution is 2.28. The van der Waals surface area contributed by atoms with E-state index in [2.05, 4.69) is 10.3 Å². The highest BCUT2D eigenvalue weighted by molar-refractivity contribution is 6.01. The van der Waals surface area contributed by atoms with E-state index in [4.69, 9.17) is 15.6 Å². The Bertz CT molecular complexity index is 951. The zero-order valence-electron chi connectivity index (χ0n) is 13.1. The molecule has 0 fully saturated rings. The maximum Gasteiger partial charge on any atom is 0.337 e. The van der Waals surface area contributed by atoms with E-state index in [1.165, 1.54) is 0 Å². The van der Waals surface area contributed by atoms with Crippen molar-refractivity contribution >= 4 is 34.2 Å². The van der Waals surface area contributed by atoms with Crippen LogP contribution >= 0.6 is 0 Å². The number of fused-ring (bicyclic) bond motifs is 2. The summed E-state index contributed by atoms with van der Waals surface area (Å²) in [5, 5.41) is 12.3. The fraction of sp³-hybridized carbons (Fsp3) is 0.0556. The van der Waals surface area contributed by atoms with Gasteiger partial charge in [-0.2, -0.15) is 0 Å². The van der Waals surface area contributed by atoms with Gasteiger partial charge in [0.25, 0.3) is 5.91 Å². The summed E-state index contributed by atoms with van der Waals surface area (Å²) in [5.74, 6) is -0.416. The van der Waals surface area contributed by atoms with Crippen LogP contribution in [-0.2, 0) is 4.79 Å². The fourth-order valence-electron chi connectivity index (χ4n) is 2.38. The number of rotatable bonds is 1. The molecule has 126 valence electrons. The van der Waals surface area contributed by atoms with Gasteiger partial charge in [-0.05, 0) is 30.3 Å². The standard InChI is InChI=1S/C10H7NO2.C8H8N2O2/c12-10(13)8-5-1-3-7-4-2-6-11-9(7)8;9-5-1-2-7-6(3-5)10-8(11)4-12-7/h1-6H,(H,12,13);1-3H,4,9H2,(H,10,11). The minimum absolute atomic E-state index is 0.0803. The number of aromatic nitrogens is 1. The Labute approximate surface area is 143 Å². The van der Waals surface area contributed by atoms with E-state index in [9.17, 15) is 9.59 Å². The first kappa shape index (κ1) is 16.3. The van der Waals surface area contributed by atoms with Crippen molar-refractivity contribution in [1.82, 2.24) is 4.98 Å². The van der Waals surface area contributed by atoms with Crippen LogP contribution in [0.25, 0.3) is 10.9 Å². The van der Waals surface area contributed by atoms with Crippen molar-refractivity contribution in [2.45, 2.75) is 0 Å². The molecule has 1 aromatic heterocycles. The molecule has 0 aliphatic carbocycles. The molecule has 1 amide bonds. The molecule has 2 aromatic carbocycles. The van der Waals surface area contributed by atoms with Crippen LogP contribution in [0.2, 0.25) is 0 Å². The molecule has 0 saturated carbocycles. The van der Waals surface area contributed by atoms with Gasteiger partial charge in [0.2, 0.25) is 0 Å². The smallest absolute Gasteiger partial charge is 0.337 e. The highest BCUT2D eigenvalue weighted by atomic mass is 16.5. The van der Waals surface area contributed by atoms with E-state index in [1.54, 1.807) is 42.6 Å². The Hall–Kier alpha value is -3.61. The Morgan fingerprint density at radius 1 is 1.20 bits per heavy atom. The number of hydrogen-bond donors (Lipinski definition) is 3. The van der Waals surface area contributed by atoms with Crippen molar-refractivity contribution < 1.29 is 19.4 Å². The van der Waals surface area contributed by atoms with Crippen molar-refractivity contribution in [2.24, 2.45) is 0 Å². The van der Waals surface area contributed by atoms with Crippen LogP contribution in [0.3, 0.4) is 0 Å². The Morgan fingerprint density at radius 2 is 2.00 bits per heavy atom. The molecule has 1 aliphatic heterocycles. The van der Waals surface area contributed by atoms with Gasteiger partial charge in [0.05, 0.1) is 16.8 Å². The van der Waals surface area contributed by atoms with E-state index in [1.807, 2.05) is 12.1 Å². The largest absolute Gasteiger partial charge is 0.482 e. The normalized spacial score (nSPS) is 12.2. The van der Waals surface area contributed by atoms with Crippen LogP contribution < -0.4 is 15.8 Å². The maximum atomic E-state index is 10.9. The van der Waals surface area contributed by atoms with Crippen LogP contribution in [0.1, 0.15) is 10.4 Å². The molecule has 0 radical (unpaired) electrons. The number of hydrogen-bond acceptors (Lipinski definition) is 5. The molecule has 4 N–H and O–H groups in total. The summed E-state index contributed by atoms with van der Waals surface area (Å²) < 4.78 is 5.12. The third-order valence-corrected chi connectivity index (χ3v) is 3.50. The number of para-hydroxylation sites is 1. The number of nitrogens with two attached hydrogens (primary N) is 1. The van der Waals surface area contributed by atoms with Crippen molar-refractivity contribution in [3.8, 4) is 5.75 Å². The lowest BCUT2D eigenvalue weighted by atomic mass is 10.1. The van der Waals surface area contributed by atoms with Gasteiger partial charge in [-0.1, -0.05) is 18.2 Å². The highest BCUT2D eigenvalue weighted by Gasteiger charge is 2.14. The lowest BCUT2D eigenvalue weighted by Gasteiger charge is -2.17. The first-order valence-electron chi connectivity index (χ1n) is 7.44. The average molecular weight is 337 g/mol. The second-order valence-corrected chi connectivity index (χ2v) is 5.28. The van der Waals surface area contributed by atoms with Crippen LogP contribution in [-0.4, -0.2) is 28.6 Å². The summed E-state index contributed by atoms with van der Waals surface area (Å²) in [6.45, 7) is 0.0803. The summed E-state index contributed by atoms with van der Waals surface area (Å²) >= 11 is 0. The lowest BCUT2D eigenvalue weighted by molar-refractivity contribution is -0.118. The van der Waals surface area contributed by atoms with E-state index in [0.29, 0.717) is 22.6 Å². The van der Waals surface area contributed by atoms with Gasteiger partial charge < -0.3 is 20.9 Å². The van der Waals surface area contributed by atoms with Gasteiger partial charge in [0, 0.05) is 17.3 Å². The summed E-state index contributed by atoms with van der Waals surface area (Å²) in [6, 6.07) is 13.9. The maximum absolute atomic E-state index is 10.9. The summed E-state index contributed by atoms with van der Waals surface area (Å²) in [5.41, 5.74) is 7.56. The number of nitrogen functional groups attached to an aromatic ring is 1. The van der Waals surface area contributed by atoms with Gasteiger partial charge >= 0.3 is 5.97 Å². The third kappa shape index (κ3) is 3.66. The lowest BCUT2D eigenvalue weighted by Crippen LogP contribution is -2.25. The Morgan fingerprint density at radius 3 is 2.80 bits per heavy atom. The molecular formula is C18H15N3O4. The molecular weight excluding hydrogens is 322 g/mol. The molecule has 3 aromatic rings. The van der Waals surface area contributed by atoms with Gasteiger partial charge in [-0.25, -0.2) is 4.79 Å². The molecule has 0 spiro atoms. The van der Waals surface area contributed by atoms with Crippen molar-refractivity contribution in [3.05, 3.63) is 60.3 Å². The third-order valence-electron chi connectivity index (χ3n) is 3.50. The monoisotopic (exact) mass is 337 g/mol. The molecule has 7 nitrogen and oxygen atoms in total. The van der Waals surface area contributed by atoms with E-state index < -0.39 is 5.97 Å². The Balaban J connectivity index is 0.000000146. The number of pyridine rings is 1. The molecule has 0 atom stereocenters. The number of carbonyl (C=O) groups is 2. The number of anilines is 2. The number of carboxylic acids is 1. The predicted octanol–water partition coefficient (Wildman–Crippen LogP) is 2.53. The molecule has 1 aliphatic rings. The first-order chi connectivity index (χ1) is 12.0. The van der Waals surface area contributed by atoms with Crippen LogP contribution in [0.15, 0.2) is 54.7 Å². The molecule has 0 saturated heterocycles. The van der Waals surface area contributed by atoms with E-state index in [-0.39, 0.29) is 18.1 Å². The Kier molecular flexibility index (Phi) is 4.47. The summed E-state index contributed by atoms with van der Waals surface area (Å²) in [7, 11) is 0. The van der Waals surface area contributed by atoms with Crippen LogP contribution in [0, 0.1) is 0 Å². The zero-order chi connectivity index (χ0) is 17.8. The second kappa shape index (κ2) is 6.88. The number of aromatic carboxylic acids is 1. The quantitative estimate of drug-likeness (QED) is 0.588. The molecule has 25 heavy (non-hydrogen) atoms. The van der Waals surface area contributed by atoms with Crippen LogP contribution in [0.5, 0.6) is 5.75 Å². The van der Waals surface area contributed by atoms with Gasteiger partial charge in [0.1, 0.15) is 5.75 Å². The summed E-state index contributed by atoms with van der Waals surface area (Å²) in [6.07, 6.45) is 1.59. The van der Waals surface area contributed by atoms with E-state index in [0.717, 1.165) is 5.39 Å². The van der Waals surface area contributed by atoms with Crippen molar-refractivity contribution in [3.63, 3.8) is 0 Å². The molecule has 2 heterocycles. The number of nitrogens with one attached hydrogen (secondary N) is 1. The number of amides is 1. The zero-order valence-corrected chi connectivity index (χ0v) is 13.1. The number of carbonyl (C=O) groups excluding carboxylic acids is 1. The average Bonchev–Trinajstić information content (AvgIpc) is 2.61. The predicted molar refractivity (Wildman–Crippen MR) is 93.7 cm³/mol. The topological polar surface area (TPSA) is 115 Å². The van der Waals surface area contributed by atoms with Gasteiger partial charge in [-0.3, -0.25) is 9.78 Å².